The first-order valence-electron chi connectivity index (χ1n) is 7.26. The van der Waals surface area contributed by atoms with Crippen LogP contribution in [0.5, 0.6) is 0 Å². The van der Waals surface area contributed by atoms with E-state index in [2.05, 4.69) is 11.8 Å². The molecule has 0 unspecified atom stereocenters. The molecule has 0 aromatic heterocycles. The van der Waals surface area contributed by atoms with Crippen LogP contribution in [0.2, 0.25) is 0 Å². The van der Waals surface area contributed by atoms with Crippen LogP contribution < -0.4 is 0 Å². The maximum absolute atomic E-state index is 14.5. The highest BCUT2D eigenvalue weighted by Gasteiger charge is 2.06. The van der Waals surface area contributed by atoms with Gasteiger partial charge in [-0.2, -0.15) is 0 Å². The van der Waals surface area contributed by atoms with Crippen molar-refractivity contribution in [3.63, 3.8) is 0 Å². The van der Waals surface area contributed by atoms with Crippen LogP contribution in [0.15, 0.2) is 48.5 Å². The van der Waals surface area contributed by atoms with Crippen molar-refractivity contribution in [2.24, 2.45) is 0 Å². The van der Waals surface area contributed by atoms with Gasteiger partial charge in [0.25, 0.3) is 0 Å². The minimum Gasteiger partial charge on any atom is -0.205 e. The Balaban J connectivity index is 2.02. The average molecular weight is 310 g/mol. The Bertz CT molecular complexity index is 946. The van der Waals surface area contributed by atoms with Gasteiger partial charge < -0.3 is 0 Å². The molecule has 0 spiro atoms. The molecule has 0 amide bonds. The highest BCUT2D eigenvalue weighted by Crippen LogP contribution is 2.22. The highest BCUT2D eigenvalue weighted by atomic mass is 19.2. The Morgan fingerprint density at radius 2 is 1.65 bits per heavy atom. The second kappa shape index (κ2) is 6.18. The molecule has 0 bridgehead atoms. The van der Waals surface area contributed by atoms with E-state index >= 15 is 0 Å². The summed E-state index contributed by atoms with van der Waals surface area (Å²) >= 11 is 0. The summed E-state index contributed by atoms with van der Waals surface area (Å²) in [4.78, 5) is 0. The van der Waals surface area contributed by atoms with Crippen molar-refractivity contribution in [1.82, 2.24) is 0 Å². The van der Waals surface area contributed by atoms with E-state index < -0.39 is 17.5 Å². The molecule has 0 saturated heterocycles. The van der Waals surface area contributed by atoms with E-state index in [0.717, 1.165) is 29.5 Å². The SMILES string of the molecule is CCc1ccc2c(F)c(C#Cc3ccc(F)c(F)c3)ccc2c1. The second-order valence-electron chi connectivity index (χ2n) is 5.22. The van der Waals surface area contributed by atoms with Gasteiger partial charge in [-0.1, -0.05) is 43.0 Å². The molecule has 3 rings (SSSR count). The van der Waals surface area contributed by atoms with E-state index in [9.17, 15) is 13.2 Å². The number of rotatable bonds is 1. The Morgan fingerprint density at radius 3 is 2.39 bits per heavy atom. The third-order valence-electron chi connectivity index (χ3n) is 3.69. The van der Waals surface area contributed by atoms with E-state index in [1.165, 1.54) is 6.07 Å². The van der Waals surface area contributed by atoms with Crippen LogP contribution in [-0.4, -0.2) is 0 Å². The molecule has 3 heteroatoms. The van der Waals surface area contributed by atoms with E-state index in [1.807, 2.05) is 25.1 Å². The van der Waals surface area contributed by atoms with Crippen LogP contribution in [0.1, 0.15) is 23.6 Å². The number of fused-ring (bicyclic) bond motifs is 1. The Labute approximate surface area is 132 Å². The molecule has 114 valence electrons. The Morgan fingerprint density at radius 1 is 0.826 bits per heavy atom. The first-order valence-corrected chi connectivity index (χ1v) is 7.26. The van der Waals surface area contributed by atoms with Gasteiger partial charge >= 0.3 is 0 Å². The van der Waals surface area contributed by atoms with Crippen molar-refractivity contribution in [2.75, 3.05) is 0 Å². The average Bonchev–Trinajstić information content (AvgIpc) is 2.57. The summed E-state index contributed by atoms with van der Waals surface area (Å²) in [6.45, 7) is 2.04. The third kappa shape index (κ3) is 3.07. The van der Waals surface area contributed by atoms with Crippen LogP contribution in [0.4, 0.5) is 13.2 Å². The van der Waals surface area contributed by atoms with Crippen molar-refractivity contribution < 1.29 is 13.2 Å². The zero-order chi connectivity index (χ0) is 16.4. The molecule has 0 atom stereocenters. The second-order valence-corrected chi connectivity index (χ2v) is 5.22. The number of benzene rings is 3. The standard InChI is InChI=1S/C20H13F3/c1-2-13-4-9-17-16(11-13)8-7-15(20(17)23)6-3-14-5-10-18(21)19(22)12-14/h4-5,7-12H,2H2,1H3. The first-order chi connectivity index (χ1) is 11.1. The lowest BCUT2D eigenvalue weighted by atomic mass is 10.0. The largest absolute Gasteiger partial charge is 0.205 e. The zero-order valence-electron chi connectivity index (χ0n) is 12.5. The summed E-state index contributed by atoms with van der Waals surface area (Å²) in [6.07, 6.45) is 0.884. The minimum atomic E-state index is -0.970. The van der Waals surface area contributed by atoms with Crippen molar-refractivity contribution in [3.8, 4) is 11.8 Å². The topological polar surface area (TPSA) is 0 Å². The summed E-state index contributed by atoms with van der Waals surface area (Å²) in [7, 11) is 0. The van der Waals surface area contributed by atoms with Gasteiger partial charge in [-0.05, 0) is 41.6 Å². The molecule has 0 radical (unpaired) electrons. The number of hydrogen-bond acceptors (Lipinski definition) is 0. The van der Waals surface area contributed by atoms with Gasteiger partial charge in [-0.3, -0.25) is 0 Å². The highest BCUT2D eigenvalue weighted by molar-refractivity contribution is 5.85. The summed E-state index contributed by atoms with van der Waals surface area (Å²) < 4.78 is 40.5. The third-order valence-corrected chi connectivity index (χ3v) is 3.69. The molecule has 0 nitrogen and oxygen atoms in total. The van der Waals surface area contributed by atoms with Crippen LogP contribution in [0, 0.1) is 29.3 Å². The molecule has 0 N–H and O–H groups in total. The summed E-state index contributed by atoms with van der Waals surface area (Å²) in [6, 6.07) is 12.3. The van der Waals surface area contributed by atoms with Crippen LogP contribution in [0.25, 0.3) is 10.8 Å². The lowest BCUT2D eigenvalue weighted by Crippen LogP contribution is -1.89. The van der Waals surface area contributed by atoms with Crippen molar-refractivity contribution in [1.29, 1.82) is 0 Å². The van der Waals surface area contributed by atoms with Gasteiger partial charge in [0.1, 0.15) is 5.82 Å². The van der Waals surface area contributed by atoms with Gasteiger partial charge in [-0.15, -0.1) is 0 Å². The monoisotopic (exact) mass is 310 g/mol. The fourth-order valence-corrected chi connectivity index (χ4v) is 2.37. The molecular formula is C20H13F3. The van der Waals surface area contributed by atoms with Crippen LogP contribution in [-0.2, 0) is 6.42 Å². The van der Waals surface area contributed by atoms with Crippen molar-refractivity contribution in [3.05, 3.63) is 82.7 Å². The molecule has 0 heterocycles. The smallest absolute Gasteiger partial charge is 0.160 e. The lowest BCUT2D eigenvalue weighted by molar-refractivity contribution is 0.508. The van der Waals surface area contributed by atoms with Gasteiger partial charge in [-0.25, -0.2) is 13.2 Å². The van der Waals surface area contributed by atoms with E-state index in [4.69, 9.17) is 0 Å². The van der Waals surface area contributed by atoms with E-state index in [1.54, 1.807) is 12.1 Å². The van der Waals surface area contributed by atoms with Gasteiger partial charge in [0.15, 0.2) is 11.6 Å². The molecule has 3 aromatic rings. The molecule has 0 aliphatic heterocycles. The normalized spacial score (nSPS) is 10.4. The van der Waals surface area contributed by atoms with Gasteiger partial charge in [0.2, 0.25) is 0 Å². The van der Waals surface area contributed by atoms with Crippen molar-refractivity contribution >= 4 is 10.8 Å². The molecule has 0 aliphatic rings. The van der Waals surface area contributed by atoms with Gasteiger partial charge in [0, 0.05) is 10.9 Å². The van der Waals surface area contributed by atoms with Gasteiger partial charge in [0.05, 0.1) is 5.56 Å². The molecule has 3 aromatic carbocycles. The van der Waals surface area contributed by atoms with Crippen molar-refractivity contribution in [2.45, 2.75) is 13.3 Å². The molecular weight excluding hydrogens is 297 g/mol. The Kier molecular flexibility index (Phi) is 4.08. The summed E-state index contributed by atoms with van der Waals surface area (Å²) in [5.41, 5.74) is 1.66. The summed E-state index contributed by atoms with van der Waals surface area (Å²) in [5, 5.41) is 1.32. The predicted molar refractivity (Wildman–Crippen MR) is 85.6 cm³/mol. The van der Waals surface area contributed by atoms with Crippen LogP contribution in [0.3, 0.4) is 0 Å². The molecule has 23 heavy (non-hydrogen) atoms. The Hall–Kier alpha value is -2.73. The number of hydrogen-bond donors (Lipinski definition) is 0. The minimum absolute atomic E-state index is 0.228. The zero-order valence-corrected chi connectivity index (χ0v) is 12.5. The predicted octanol–water partition coefficient (Wildman–Crippen LogP) is 5.22. The number of aryl methyl sites for hydroxylation is 1. The number of halogens is 3. The quantitative estimate of drug-likeness (QED) is 0.541. The fourth-order valence-electron chi connectivity index (χ4n) is 2.37. The molecule has 0 aliphatic carbocycles. The lowest BCUT2D eigenvalue weighted by Gasteiger charge is -2.04. The maximum atomic E-state index is 14.5. The molecule has 0 fully saturated rings. The summed E-state index contributed by atoms with van der Waals surface area (Å²) in [5.74, 6) is 3.04. The van der Waals surface area contributed by atoms with E-state index in [-0.39, 0.29) is 5.56 Å². The van der Waals surface area contributed by atoms with E-state index in [0.29, 0.717) is 10.9 Å². The molecule has 0 saturated carbocycles. The fraction of sp³-hybridized carbons (Fsp3) is 0.100. The maximum Gasteiger partial charge on any atom is 0.160 e. The van der Waals surface area contributed by atoms with Crippen LogP contribution >= 0.6 is 0 Å². The first kappa shape index (κ1) is 15.2.